The number of thioether (sulfide) groups is 10. The van der Waals surface area contributed by atoms with Gasteiger partial charge >= 0.3 is 0 Å². The topological polar surface area (TPSA) is 169 Å². The summed E-state index contributed by atoms with van der Waals surface area (Å²) in [7, 11) is 0. The Morgan fingerprint density at radius 2 is 1.12 bits per heavy atom. The van der Waals surface area contributed by atoms with Gasteiger partial charge in [0.05, 0.1) is 35.4 Å². The van der Waals surface area contributed by atoms with Crippen molar-refractivity contribution in [2.45, 2.75) is 0 Å². The van der Waals surface area contributed by atoms with E-state index in [-0.39, 0.29) is 22.4 Å². The predicted molar refractivity (Wildman–Crippen MR) is 199 cm³/mol. The van der Waals surface area contributed by atoms with Crippen LogP contribution >= 0.6 is 118 Å². The van der Waals surface area contributed by atoms with Gasteiger partial charge in [0.25, 0.3) is 10.5 Å². The van der Waals surface area contributed by atoms with Gasteiger partial charge in [-0.1, -0.05) is 35.3 Å². The summed E-state index contributed by atoms with van der Waals surface area (Å²) in [6, 6.07) is 0. The van der Waals surface area contributed by atoms with Gasteiger partial charge in [0.2, 0.25) is 11.1 Å². The summed E-state index contributed by atoms with van der Waals surface area (Å²) >= 11 is 12.1. The first-order valence-electron chi connectivity index (χ1n) is 10.9. The SMILES string of the molecule is O=C(NCSC/N=C/[S+]([O-])CSCSCO)SCSCCSC[S+]([O-])/C=N\CSCNC(=O)SCSCSCO. The minimum absolute atomic E-state index is 0.0614. The maximum absolute atomic E-state index is 12.0. The molecule has 0 fully saturated rings. The van der Waals surface area contributed by atoms with Crippen LogP contribution in [-0.4, -0.2) is 118 Å². The first kappa shape index (κ1) is 42.3. The Morgan fingerprint density at radius 1 is 0.650 bits per heavy atom. The van der Waals surface area contributed by atoms with Gasteiger partial charge in [-0.05, 0) is 0 Å². The molecule has 0 bridgehead atoms. The molecule has 0 aliphatic carbocycles. The van der Waals surface area contributed by atoms with Crippen molar-refractivity contribution in [3.8, 4) is 0 Å². The third-order valence-electron chi connectivity index (χ3n) is 3.19. The number of aliphatic imine (C=N–C) groups is 2. The molecule has 4 N–H and O–H groups in total. The lowest BCUT2D eigenvalue weighted by atomic mass is 11.0. The third-order valence-corrected chi connectivity index (χ3v) is 15.9. The molecule has 2 atom stereocenters. The van der Waals surface area contributed by atoms with Crippen LogP contribution in [-0.2, 0) is 22.4 Å². The predicted octanol–water partition coefficient (Wildman–Crippen LogP) is 4.77. The lowest BCUT2D eigenvalue weighted by molar-refractivity contribution is 0.261. The highest BCUT2D eigenvalue weighted by Gasteiger charge is 2.06. The first-order chi connectivity index (χ1) is 19.5. The van der Waals surface area contributed by atoms with Crippen LogP contribution in [0.2, 0.25) is 0 Å². The molecule has 0 aliphatic rings. The third kappa shape index (κ3) is 33.2. The number of amides is 2. The monoisotopic (exact) mass is 786 g/mol. The van der Waals surface area contributed by atoms with Crippen molar-refractivity contribution in [2.75, 3.05) is 77.4 Å². The minimum Gasteiger partial charge on any atom is -0.610 e. The molecule has 2 unspecified atom stereocenters. The number of rotatable bonds is 27. The van der Waals surface area contributed by atoms with Gasteiger partial charge in [0.1, 0.15) is 0 Å². The number of hydrogen-bond donors (Lipinski definition) is 4. The molecule has 234 valence electrons. The lowest BCUT2D eigenvalue weighted by Crippen LogP contribution is -2.18. The fourth-order valence-electron chi connectivity index (χ4n) is 1.66. The number of carbonyl (C=O) groups excluding carboxylic acids is 2. The zero-order valence-corrected chi connectivity index (χ0v) is 31.2. The van der Waals surface area contributed by atoms with Crippen LogP contribution in [0.25, 0.3) is 0 Å². The zero-order chi connectivity index (χ0) is 29.5. The van der Waals surface area contributed by atoms with Crippen LogP contribution in [0.15, 0.2) is 9.98 Å². The molecule has 0 aromatic rings. The Kier molecular flexibility index (Phi) is 36.2. The van der Waals surface area contributed by atoms with Crippen molar-refractivity contribution in [1.82, 2.24) is 10.6 Å². The van der Waals surface area contributed by atoms with E-state index in [0.717, 1.165) is 16.6 Å². The van der Waals surface area contributed by atoms with E-state index >= 15 is 0 Å². The van der Waals surface area contributed by atoms with E-state index < -0.39 is 22.4 Å². The van der Waals surface area contributed by atoms with Gasteiger partial charge in [-0.3, -0.25) is 9.59 Å². The second-order valence-electron chi connectivity index (χ2n) is 6.11. The number of aliphatic hydroxyl groups excluding tert-OH is 2. The summed E-state index contributed by atoms with van der Waals surface area (Å²) in [6.45, 7) is 0. The van der Waals surface area contributed by atoms with Crippen molar-refractivity contribution in [3.05, 3.63) is 0 Å². The van der Waals surface area contributed by atoms with Crippen LogP contribution in [0.5, 0.6) is 0 Å². The molecule has 0 radical (unpaired) electrons. The number of aliphatic hydroxyl groups is 2. The Hall–Kier alpha value is 2.32. The normalized spacial score (nSPS) is 13.2. The fraction of sp³-hybridized carbons (Fsp3) is 0.778. The van der Waals surface area contributed by atoms with Crippen LogP contribution in [0.3, 0.4) is 0 Å². The highest BCUT2D eigenvalue weighted by molar-refractivity contribution is 8.27. The maximum Gasteiger partial charge on any atom is 0.280 e. The molecule has 0 aliphatic heterocycles. The van der Waals surface area contributed by atoms with Gasteiger partial charge in [-0.15, -0.1) is 82.3 Å². The van der Waals surface area contributed by atoms with Gasteiger partial charge in [0, 0.05) is 54.2 Å². The van der Waals surface area contributed by atoms with Crippen molar-refractivity contribution >= 4 is 162 Å². The van der Waals surface area contributed by atoms with E-state index in [1.165, 1.54) is 93.4 Å². The number of carbonyl (C=O) groups is 2. The molecule has 22 heteroatoms. The number of nitrogens with zero attached hydrogens (tertiary/aromatic N) is 2. The smallest absolute Gasteiger partial charge is 0.280 e. The molecular weight excluding hydrogens is 753 g/mol. The molecule has 40 heavy (non-hydrogen) atoms. The van der Waals surface area contributed by atoms with Gasteiger partial charge in [-0.25, -0.2) is 9.98 Å². The standard InChI is InChI=1S/C18H34N4O6S12/c23-9-33-11-35-14-38-18(26)22-6-31-3-19-7-39(27)15-30-2-1-29-13-37-17(25)21-5-32-4-20-8-40(28)16-36-12-34-10-24/h7-8,23-24H,1-6,9-16H2,(H,21,25)(H,22,26)/b19-7-,20-8+. The largest absolute Gasteiger partial charge is 0.610 e. The van der Waals surface area contributed by atoms with Crippen molar-refractivity contribution in [1.29, 1.82) is 0 Å². The Morgan fingerprint density at radius 3 is 1.68 bits per heavy atom. The average molecular weight is 787 g/mol. The Balaban J connectivity index is 3.50. The highest BCUT2D eigenvalue weighted by atomic mass is 32.3. The molecule has 10 nitrogen and oxygen atoms in total. The van der Waals surface area contributed by atoms with Gasteiger partial charge in [-0.2, -0.15) is 0 Å². The Bertz CT molecular complexity index is 677. The second kappa shape index (κ2) is 34.2. The van der Waals surface area contributed by atoms with E-state index in [1.54, 1.807) is 35.3 Å². The molecular formula is C18H34N4O6S12. The molecule has 0 saturated heterocycles. The van der Waals surface area contributed by atoms with Crippen LogP contribution in [0, 0.1) is 0 Å². The van der Waals surface area contributed by atoms with E-state index in [9.17, 15) is 18.7 Å². The van der Waals surface area contributed by atoms with E-state index in [4.69, 9.17) is 10.2 Å². The zero-order valence-electron chi connectivity index (χ0n) is 21.4. The first-order valence-corrected chi connectivity index (χ1v) is 24.9. The van der Waals surface area contributed by atoms with Crippen LogP contribution in [0.1, 0.15) is 0 Å². The van der Waals surface area contributed by atoms with E-state index in [2.05, 4.69) is 20.6 Å². The second-order valence-corrected chi connectivity index (χ2v) is 20.7. The van der Waals surface area contributed by atoms with E-state index in [0.29, 0.717) is 48.9 Å². The minimum atomic E-state index is -1.14. The highest BCUT2D eigenvalue weighted by Crippen LogP contribution is 2.18. The van der Waals surface area contributed by atoms with Crippen molar-refractivity contribution in [2.24, 2.45) is 9.98 Å². The number of hydrogen-bond acceptors (Lipinski definition) is 18. The average Bonchev–Trinajstić information content (AvgIpc) is 2.94. The Labute approximate surface area is 285 Å². The molecule has 0 heterocycles. The van der Waals surface area contributed by atoms with Gasteiger partial charge in [0.15, 0.2) is 10.2 Å². The maximum atomic E-state index is 12.0. The molecule has 0 aromatic carbocycles. The molecule has 2 amide bonds. The van der Waals surface area contributed by atoms with Crippen molar-refractivity contribution < 1.29 is 28.9 Å². The van der Waals surface area contributed by atoms with Gasteiger partial charge < -0.3 is 30.0 Å². The molecule has 0 aromatic heterocycles. The summed E-state index contributed by atoms with van der Waals surface area (Å²) in [6.07, 6.45) is 0. The quantitative estimate of drug-likeness (QED) is 0.0295. The molecule has 0 spiro atoms. The molecule has 0 saturated carbocycles. The van der Waals surface area contributed by atoms with Crippen molar-refractivity contribution in [3.63, 3.8) is 0 Å². The summed E-state index contributed by atoms with van der Waals surface area (Å²) in [5, 5.41) is 26.3. The summed E-state index contributed by atoms with van der Waals surface area (Å²) in [5.41, 5.74) is 2.87. The summed E-state index contributed by atoms with van der Waals surface area (Å²) in [4.78, 5) is 31.7. The lowest BCUT2D eigenvalue weighted by Gasteiger charge is -2.06. The van der Waals surface area contributed by atoms with Crippen LogP contribution < -0.4 is 10.6 Å². The fourth-order valence-corrected chi connectivity index (χ4v) is 12.4. The number of nitrogens with one attached hydrogen (secondary N) is 2. The van der Waals surface area contributed by atoms with E-state index in [1.807, 2.05) is 0 Å². The van der Waals surface area contributed by atoms with Crippen LogP contribution in [0.4, 0.5) is 9.59 Å². The summed E-state index contributed by atoms with van der Waals surface area (Å²) < 4.78 is 23.6. The summed E-state index contributed by atoms with van der Waals surface area (Å²) in [5.74, 6) is 3.56. The molecule has 0 rings (SSSR count).